The van der Waals surface area contributed by atoms with E-state index in [0.717, 1.165) is 24.8 Å². The zero-order chi connectivity index (χ0) is 21.7. The van der Waals surface area contributed by atoms with Crippen LogP contribution in [0.1, 0.15) is 42.1 Å². The summed E-state index contributed by atoms with van der Waals surface area (Å²) < 4.78 is 40.9. The molecule has 0 radical (unpaired) electrons. The molecule has 1 aliphatic heterocycles. The quantitative estimate of drug-likeness (QED) is 0.660. The van der Waals surface area contributed by atoms with Crippen LogP contribution in [0.15, 0.2) is 53.4 Å². The number of amides is 1. The molecule has 1 heterocycles. The van der Waals surface area contributed by atoms with E-state index in [2.05, 4.69) is 5.92 Å². The summed E-state index contributed by atoms with van der Waals surface area (Å²) in [6.07, 6.45) is 8.09. The first-order chi connectivity index (χ1) is 14.3. The van der Waals surface area contributed by atoms with Gasteiger partial charge in [0.1, 0.15) is 5.82 Å². The molecule has 2 aromatic carbocycles. The molecular formula is C23H25FN2O3S. The van der Waals surface area contributed by atoms with Crippen molar-refractivity contribution >= 4 is 15.9 Å². The predicted molar refractivity (Wildman–Crippen MR) is 114 cm³/mol. The van der Waals surface area contributed by atoms with Crippen LogP contribution in [0.4, 0.5) is 4.39 Å². The third-order valence-electron chi connectivity index (χ3n) is 5.29. The van der Waals surface area contributed by atoms with Crippen LogP contribution in [0, 0.1) is 18.2 Å². The van der Waals surface area contributed by atoms with Crippen LogP contribution < -0.4 is 0 Å². The fraction of sp³-hybridized carbons (Fsp3) is 0.348. The van der Waals surface area contributed by atoms with Gasteiger partial charge in [-0.2, -0.15) is 4.31 Å². The van der Waals surface area contributed by atoms with Gasteiger partial charge in [0.05, 0.1) is 11.4 Å². The average molecular weight is 429 g/mol. The number of piperidine rings is 1. The standard InChI is InChI=1S/C23H25FN2O3S/c1-3-14-25(17-19-10-12-21(24)13-11-19)23(27)20-8-6-9-22(16-20)30(28,29)26-15-5-4-7-18(26)2/h1,6,8-13,16,18H,4-5,7,14-15,17H2,2H3. The first kappa shape index (κ1) is 22.0. The Morgan fingerprint density at radius 2 is 1.97 bits per heavy atom. The first-order valence-corrected chi connectivity index (χ1v) is 11.4. The van der Waals surface area contributed by atoms with Crippen molar-refractivity contribution in [1.29, 1.82) is 0 Å². The maximum atomic E-state index is 13.2. The number of hydrogen-bond donors (Lipinski definition) is 0. The zero-order valence-electron chi connectivity index (χ0n) is 16.9. The lowest BCUT2D eigenvalue weighted by Gasteiger charge is -2.32. The highest BCUT2D eigenvalue weighted by molar-refractivity contribution is 7.89. The molecule has 1 saturated heterocycles. The van der Waals surface area contributed by atoms with Crippen LogP contribution in [0.5, 0.6) is 0 Å². The van der Waals surface area contributed by atoms with E-state index in [4.69, 9.17) is 6.42 Å². The van der Waals surface area contributed by atoms with E-state index in [1.54, 1.807) is 24.3 Å². The summed E-state index contributed by atoms with van der Waals surface area (Å²) in [5.74, 6) is 1.72. The molecule has 0 N–H and O–H groups in total. The molecule has 0 aromatic heterocycles. The van der Waals surface area contributed by atoms with E-state index in [-0.39, 0.29) is 41.3 Å². The van der Waals surface area contributed by atoms with Crippen molar-refractivity contribution in [3.8, 4) is 12.3 Å². The van der Waals surface area contributed by atoms with E-state index in [1.807, 2.05) is 6.92 Å². The summed E-state index contributed by atoms with van der Waals surface area (Å²) in [4.78, 5) is 14.6. The Balaban J connectivity index is 1.86. The van der Waals surface area contributed by atoms with Crippen molar-refractivity contribution in [2.24, 2.45) is 0 Å². The fourth-order valence-corrected chi connectivity index (χ4v) is 5.40. The van der Waals surface area contributed by atoms with Gasteiger partial charge in [-0.05, 0) is 55.7 Å². The van der Waals surface area contributed by atoms with E-state index >= 15 is 0 Å². The van der Waals surface area contributed by atoms with Gasteiger partial charge in [-0.25, -0.2) is 12.8 Å². The van der Waals surface area contributed by atoms with Gasteiger partial charge >= 0.3 is 0 Å². The van der Waals surface area contributed by atoms with Gasteiger partial charge in [0.2, 0.25) is 10.0 Å². The highest BCUT2D eigenvalue weighted by Crippen LogP contribution is 2.26. The minimum atomic E-state index is -3.69. The largest absolute Gasteiger partial charge is 0.323 e. The molecule has 1 fully saturated rings. The summed E-state index contributed by atoms with van der Waals surface area (Å²) in [5.41, 5.74) is 0.976. The number of benzene rings is 2. The fourth-order valence-electron chi connectivity index (χ4n) is 3.66. The predicted octanol–water partition coefficient (Wildman–Crippen LogP) is 3.66. The maximum absolute atomic E-state index is 13.2. The molecule has 0 aliphatic carbocycles. The van der Waals surface area contributed by atoms with Crippen LogP contribution in [0.25, 0.3) is 0 Å². The minimum Gasteiger partial charge on any atom is -0.323 e. The number of carbonyl (C=O) groups excluding carboxylic acids is 1. The lowest BCUT2D eigenvalue weighted by molar-refractivity contribution is 0.0765. The van der Waals surface area contributed by atoms with Gasteiger partial charge in [0.25, 0.3) is 5.91 Å². The van der Waals surface area contributed by atoms with Crippen LogP contribution in [0.3, 0.4) is 0 Å². The molecule has 1 atom stereocenters. The molecule has 7 heteroatoms. The van der Waals surface area contributed by atoms with Crippen molar-refractivity contribution < 1.29 is 17.6 Å². The summed E-state index contributed by atoms with van der Waals surface area (Å²) in [6.45, 7) is 2.64. The Morgan fingerprint density at radius 1 is 1.23 bits per heavy atom. The van der Waals surface area contributed by atoms with Crippen molar-refractivity contribution in [3.63, 3.8) is 0 Å². The topological polar surface area (TPSA) is 57.7 Å². The SMILES string of the molecule is C#CCN(Cc1ccc(F)cc1)C(=O)c1cccc(S(=O)(=O)N2CCCCC2C)c1. The minimum absolute atomic E-state index is 0.0519. The molecule has 0 spiro atoms. The second kappa shape index (κ2) is 9.41. The van der Waals surface area contributed by atoms with Crippen LogP contribution in [-0.4, -0.2) is 42.7 Å². The smallest absolute Gasteiger partial charge is 0.254 e. The lowest BCUT2D eigenvalue weighted by atomic mass is 10.1. The normalized spacial score (nSPS) is 17.3. The molecule has 2 aromatic rings. The molecule has 0 saturated carbocycles. The second-order valence-electron chi connectivity index (χ2n) is 7.48. The molecular weight excluding hydrogens is 403 g/mol. The molecule has 1 amide bonds. The summed E-state index contributed by atoms with van der Waals surface area (Å²) in [7, 11) is -3.69. The monoisotopic (exact) mass is 428 g/mol. The Bertz CT molecular complexity index is 1040. The van der Waals surface area contributed by atoms with Gasteiger partial charge in [-0.3, -0.25) is 4.79 Å². The second-order valence-corrected chi connectivity index (χ2v) is 9.37. The number of hydrogen-bond acceptors (Lipinski definition) is 3. The maximum Gasteiger partial charge on any atom is 0.254 e. The van der Waals surface area contributed by atoms with E-state index < -0.39 is 10.0 Å². The number of halogens is 1. The highest BCUT2D eigenvalue weighted by Gasteiger charge is 2.31. The average Bonchev–Trinajstić information content (AvgIpc) is 2.74. The van der Waals surface area contributed by atoms with E-state index in [1.165, 1.54) is 33.5 Å². The molecule has 3 rings (SSSR count). The Morgan fingerprint density at radius 3 is 2.63 bits per heavy atom. The number of nitrogens with zero attached hydrogens (tertiary/aromatic N) is 2. The van der Waals surface area contributed by atoms with Gasteiger partial charge in [-0.15, -0.1) is 6.42 Å². The van der Waals surface area contributed by atoms with Crippen molar-refractivity contribution in [2.45, 2.75) is 43.7 Å². The van der Waals surface area contributed by atoms with Crippen LogP contribution in [0.2, 0.25) is 0 Å². The van der Waals surface area contributed by atoms with Crippen molar-refractivity contribution in [1.82, 2.24) is 9.21 Å². The number of carbonyl (C=O) groups is 1. The van der Waals surface area contributed by atoms with Crippen molar-refractivity contribution in [3.05, 3.63) is 65.5 Å². The van der Waals surface area contributed by atoms with Crippen LogP contribution >= 0.6 is 0 Å². The van der Waals surface area contributed by atoms with Gasteiger partial charge < -0.3 is 4.90 Å². The third-order valence-corrected chi connectivity index (χ3v) is 7.30. The summed E-state index contributed by atoms with van der Waals surface area (Å²) >= 11 is 0. The zero-order valence-corrected chi connectivity index (χ0v) is 17.7. The lowest BCUT2D eigenvalue weighted by Crippen LogP contribution is -2.42. The Labute approximate surface area is 177 Å². The number of rotatable bonds is 6. The Hall–Kier alpha value is -2.69. The summed E-state index contributed by atoms with van der Waals surface area (Å²) in [5, 5.41) is 0. The molecule has 1 unspecified atom stereocenters. The van der Waals surface area contributed by atoms with Gasteiger partial charge in [-0.1, -0.05) is 30.5 Å². The van der Waals surface area contributed by atoms with Crippen molar-refractivity contribution in [2.75, 3.05) is 13.1 Å². The van der Waals surface area contributed by atoms with Gasteiger partial charge in [0.15, 0.2) is 0 Å². The van der Waals surface area contributed by atoms with E-state index in [9.17, 15) is 17.6 Å². The first-order valence-electron chi connectivity index (χ1n) is 9.92. The number of sulfonamides is 1. The molecule has 30 heavy (non-hydrogen) atoms. The van der Waals surface area contributed by atoms with Crippen LogP contribution in [-0.2, 0) is 16.6 Å². The molecule has 0 bridgehead atoms. The molecule has 158 valence electrons. The molecule has 1 aliphatic rings. The third kappa shape index (κ3) is 4.89. The molecule has 5 nitrogen and oxygen atoms in total. The van der Waals surface area contributed by atoms with Gasteiger partial charge in [0, 0.05) is 24.7 Å². The number of terminal acetylenes is 1. The summed E-state index contributed by atoms with van der Waals surface area (Å²) in [6, 6.07) is 11.8. The highest BCUT2D eigenvalue weighted by atomic mass is 32.2. The Kier molecular flexibility index (Phi) is 6.91. The van der Waals surface area contributed by atoms with E-state index in [0.29, 0.717) is 6.54 Å².